The molecule has 2 aromatic carbocycles. The van der Waals surface area contributed by atoms with Gasteiger partial charge in [-0.1, -0.05) is 42.5 Å². The van der Waals surface area contributed by atoms with Crippen molar-refractivity contribution in [1.82, 2.24) is 0 Å². The standard InChI is InChI=1S/C19H21NO4/c1-19(24-2,15-6-4-3-5-7-15)18(23)20-16-11-8-14(9-12-16)10-13-17(21)22/h3-9,11-12H,10,13H2,1-2H3,(H,20,23)(H,21,22). The summed E-state index contributed by atoms with van der Waals surface area (Å²) in [6.45, 7) is 1.72. The van der Waals surface area contributed by atoms with Crippen LogP contribution < -0.4 is 5.32 Å². The van der Waals surface area contributed by atoms with Crippen molar-refractivity contribution in [1.29, 1.82) is 0 Å². The maximum Gasteiger partial charge on any atom is 0.303 e. The summed E-state index contributed by atoms with van der Waals surface area (Å²) in [7, 11) is 1.50. The molecule has 2 N–H and O–H groups in total. The Morgan fingerprint density at radius 3 is 2.25 bits per heavy atom. The van der Waals surface area contributed by atoms with Gasteiger partial charge in [-0.15, -0.1) is 0 Å². The molecule has 0 aliphatic rings. The van der Waals surface area contributed by atoms with Gasteiger partial charge in [0.15, 0.2) is 5.60 Å². The van der Waals surface area contributed by atoms with Crippen molar-refractivity contribution in [3.63, 3.8) is 0 Å². The number of hydrogen-bond donors (Lipinski definition) is 2. The van der Waals surface area contributed by atoms with Gasteiger partial charge in [-0.2, -0.15) is 0 Å². The predicted octanol–water partition coefficient (Wildman–Crippen LogP) is 3.20. The predicted molar refractivity (Wildman–Crippen MR) is 91.8 cm³/mol. The molecule has 0 saturated heterocycles. The second kappa shape index (κ2) is 7.75. The summed E-state index contributed by atoms with van der Waals surface area (Å²) in [5, 5.41) is 11.5. The molecule has 5 heteroatoms. The van der Waals surface area contributed by atoms with Crippen LogP contribution >= 0.6 is 0 Å². The first kappa shape index (κ1) is 17.7. The van der Waals surface area contributed by atoms with Crippen molar-refractivity contribution in [3.8, 4) is 0 Å². The first-order valence-electron chi connectivity index (χ1n) is 7.68. The van der Waals surface area contributed by atoms with Crippen LogP contribution in [0.5, 0.6) is 0 Å². The van der Waals surface area contributed by atoms with Gasteiger partial charge in [0, 0.05) is 19.2 Å². The van der Waals surface area contributed by atoms with Crippen LogP contribution in [-0.4, -0.2) is 24.1 Å². The summed E-state index contributed by atoms with van der Waals surface area (Å²) in [6, 6.07) is 16.4. The van der Waals surface area contributed by atoms with Crippen molar-refractivity contribution in [2.75, 3.05) is 12.4 Å². The van der Waals surface area contributed by atoms with Crippen molar-refractivity contribution in [2.45, 2.75) is 25.4 Å². The van der Waals surface area contributed by atoms with Gasteiger partial charge in [-0.3, -0.25) is 9.59 Å². The highest BCUT2D eigenvalue weighted by molar-refractivity contribution is 5.97. The first-order valence-corrected chi connectivity index (χ1v) is 7.68. The lowest BCUT2D eigenvalue weighted by Gasteiger charge is -2.27. The zero-order valence-corrected chi connectivity index (χ0v) is 13.8. The number of aliphatic carboxylic acids is 1. The normalized spacial score (nSPS) is 13.1. The number of methoxy groups -OCH3 is 1. The van der Waals surface area contributed by atoms with Gasteiger partial charge < -0.3 is 15.2 Å². The highest BCUT2D eigenvalue weighted by Crippen LogP contribution is 2.26. The third-order valence-electron chi connectivity index (χ3n) is 4.01. The fourth-order valence-electron chi connectivity index (χ4n) is 2.35. The van der Waals surface area contributed by atoms with Crippen molar-refractivity contribution in [3.05, 3.63) is 65.7 Å². The van der Waals surface area contributed by atoms with Gasteiger partial charge in [0.25, 0.3) is 5.91 Å². The molecule has 0 spiro atoms. The van der Waals surface area contributed by atoms with E-state index >= 15 is 0 Å². The first-order chi connectivity index (χ1) is 11.5. The number of ether oxygens (including phenoxy) is 1. The van der Waals surface area contributed by atoms with E-state index in [0.717, 1.165) is 11.1 Å². The molecule has 24 heavy (non-hydrogen) atoms. The number of carbonyl (C=O) groups is 2. The van der Waals surface area contributed by atoms with Crippen LogP contribution in [0, 0.1) is 0 Å². The lowest BCUT2D eigenvalue weighted by atomic mass is 9.94. The molecule has 0 bridgehead atoms. The largest absolute Gasteiger partial charge is 0.481 e. The van der Waals surface area contributed by atoms with Crippen molar-refractivity contribution < 1.29 is 19.4 Å². The number of rotatable bonds is 7. The van der Waals surface area contributed by atoms with E-state index in [1.165, 1.54) is 7.11 Å². The Labute approximate surface area is 141 Å². The van der Waals surface area contributed by atoms with Crippen LogP contribution in [0.2, 0.25) is 0 Å². The number of aryl methyl sites for hydroxylation is 1. The van der Waals surface area contributed by atoms with Gasteiger partial charge in [-0.05, 0) is 36.6 Å². The van der Waals surface area contributed by atoms with E-state index in [1.54, 1.807) is 19.1 Å². The summed E-state index contributed by atoms with van der Waals surface area (Å²) in [5.74, 6) is -1.10. The van der Waals surface area contributed by atoms with Crippen LogP contribution in [-0.2, 0) is 26.3 Å². The lowest BCUT2D eigenvalue weighted by molar-refractivity contribution is -0.137. The number of carboxylic acid groups (broad SMARTS) is 1. The summed E-state index contributed by atoms with van der Waals surface area (Å²) in [4.78, 5) is 23.2. The molecule has 2 rings (SSSR count). The van der Waals surface area contributed by atoms with E-state index in [0.29, 0.717) is 12.1 Å². The number of carbonyl (C=O) groups excluding carboxylic acids is 1. The number of nitrogens with one attached hydrogen (secondary N) is 1. The van der Waals surface area contributed by atoms with Gasteiger partial charge in [0.05, 0.1) is 0 Å². The van der Waals surface area contributed by atoms with E-state index in [4.69, 9.17) is 9.84 Å². The van der Waals surface area contributed by atoms with Crippen LogP contribution in [0.25, 0.3) is 0 Å². The molecule has 0 aliphatic carbocycles. The third-order valence-corrected chi connectivity index (χ3v) is 4.01. The molecule has 1 atom stereocenters. The van der Waals surface area contributed by atoms with Crippen molar-refractivity contribution in [2.24, 2.45) is 0 Å². The Bertz CT molecular complexity index is 697. The second-order valence-corrected chi connectivity index (χ2v) is 5.65. The molecule has 0 aliphatic heterocycles. The number of carboxylic acids is 1. The zero-order valence-electron chi connectivity index (χ0n) is 13.8. The maximum atomic E-state index is 12.7. The molecular formula is C19H21NO4. The van der Waals surface area contributed by atoms with E-state index in [2.05, 4.69) is 5.32 Å². The van der Waals surface area contributed by atoms with Crippen molar-refractivity contribution >= 4 is 17.6 Å². The summed E-state index contributed by atoms with van der Waals surface area (Å²) in [5.41, 5.74) is 1.22. The Hall–Kier alpha value is -2.66. The molecule has 0 radical (unpaired) electrons. The molecule has 1 amide bonds. The summed E-state index contributed by atoms with van der Waals surface area (Å²) >= 11 is 0. The number of amides is 1. The fourth-order valence-corrected chi connectivity index (χ4v) is 2.35. The minimum absolute atomic E-state index is 0.0848. The average Bonchev–Trinajstić information content (AvgIpc) is 2.61. The molecule has 1 unspecified atom stereocenters. The Morgan fingerprint density at radius 2 is 1.71 bits per heavy atom. The zero-order chi connectivity index (χ0) is 17.6. The summed E-state index contributed by atoms with van der Waals surface area (Å²) < 4.78 is 5.47. The monoisotopic (exact) mass is 327 g/mol. The molecule has 0 fully saturated rings. The number of benzene rings is 2. The fraction of sp³-hybridized carbons (Fsp3) is 0.263. The van der Waals surface area contributed by atoms with E-state index < -0.39 is 11.6 Å². The smallest absolute Gasteiger partial charge is 0.303 e. The molecule has 2 aromatic rings. The van der Waals surface area contributed by atoms with Crippen LogP contribution in [0.4, 0.5) is 5.69 Å². The molecule has 5 nitrogen and oxygen atoms in total. The number of hydrogen-bond acceptors (Lipinski definition) is 3. The topological polar surface area (TPSA) is 75.6 Å². The third kappa shape index (κ3) is 4.20. The average molecular weight is 327 g/mol. The van der Waals surface area contributed by atoms with Gasteiger partial charge in [0.2, 0.25) is 0 Å². The second-order valence-electron chi connectivity index (χ2n) is 5.65. The van der Waals surface area contributed by atoms with E-state index in [9.17, 15) is 9.59 Å². The van der Waals surface area contributed by atoms with E-state index in [-0.39, 0.29) is 12.3 Å². The minimum Gasteiger partial charge on any atom is -0.481 e. The molecule has 0 saturated carbocycles. The Morgan fingerprint density at radius 1 is 1.08 bits per heavy atom. The van der Waals surface area contributed by atoms with Gasteiger partial charge in [-0.25, -0.2) is 0 Å². The Kier molecular flexibility index (Phi) is 5.71. The molecular weight excluding hydrogens is 306 g/mol. The highest BCUT2D eigenvalue weighted by Gasteiger charge is 2.35. The SMILES string of the molecule is COC(C)(C(=O)Nc1ccc(CCC(=O)O)cc1)c1ccccc1. The lowest BCUT2D eigenvalue weighted by Crippen LogP contribution is -2.39. The van der Waals surface area contributed by atoms with Crippen LogP contribution in [0.1, 0.15) is 24.5 Å². The maximum absolute atomic E-state index is 12.7. The van der Waals surface area contributed by atoms with Crippen LogP contribution in [0.3, 0.4) is 0 Å². The van der Waals surface area contributed by atoms with E-state index in [1.807, 2.05) is 42.5 Å². The molecule has 0 heterocycles. The van der Waals surface area contributed by atoms with Gasteiger partial charge in [0.1, 0.15) is 0 Å². The minimum atomic E-state index is -1.09. The van der Waals surface area contributed by atoms with Crippen LogP contribution in [0.15, 0.2) is 54.6 Å². The quantitative estimate of drug-likeness (QED) is 0.819. The van der Waals surface area contributed by atoms with Gasteiger partial charge >= 0.3 is 5.97 Å². The molecule has 0 aromatic heterocycles. The number of anilines is 1. The summed E-state index contributed by atoms with van der Waals surface area (Å²) in [6.07, 6.45) is 0.546. The highest BCUT2D eigenvalue weighted by atomic mass is 16.5. The molecule has 126 valence electrons. The Balaban J connectivity index is 2.09.